The maximum Gasteiger partial charge on any atom is 0.191 e. The Bertz CT molecular complexity index is 596. The third-order valence-electron chi connectivity index (χ3n) is 3.26. The van der Waals surface area contributed by atoms with Crippen LogP contribution in [0.1, 0.15) is 24.5 Å². The molecule has 0 aliphatic carbocycles. The van der Waals surface area contributed by atoms with Crippen LogP contribution in [-0.2, 0) is 6.54 Å². The number of benzene rings is 1. The minimum Gasteiger partial charge on any atom is -0.357 e. The third-order valence-corrected chi connectivity index (χ3v) is 5.31. The summed E-state index contributed by atoms with van der Waals surface area (Å²) in [4.78, 5) is 8.94. The summed E-state index contributed by atoms with van der Waals surface area (Å²) >= 11 is 3.51. The van der Waals surface area contributed by atoms with Crippen LogP contribution in [-0.4, -0.2) is 29.8 Å². The van der Waals surface area contributed by atoms with E-state index >= 15 is 0 Å². The molecule has 1 aromatic heterocycles. The minimum atomic E-state index is 0.704. The molecule has 1 heterocycles. The number of nitrogens with one attached hydrogen (secondary N) is 2. The average Bonchev–Trinajstić information content (AvgIpc) is 3.07. The van der Waals surface area contributed by atoms with Gasteiger partial charge in [-0.2, -0.15) is 0 Å². The fourth-order valence-electron chi connectivity index (χ4n) is 2.01. The first kappa shape index (κ1) is 17.8. The Morgan fingerprint density at radius 3 is 2.91 bits per heavy atom. The summed E-state index contributed by atoms with van der Waals surface area (Å²) < 4.78 is 1.14. The highest BCUT2D eigenvalue weighted by Gasteiger charge is 2.00. The average molecular weight is 349 g/mol. The Hall–Kier alpha value is -1.53. The van der Waals surface area contributed by atoms with Gasteiger partial charge in [-0.25, -0.2) is 9.98 Å². The molecule has 0 aliphatic rings. The van der Waals surface area contributed by atoms with Crippen molar-refractivity contribution in [1.82, 2.24) is 15.6 Å². The summed E-state index contributed by atoms with van der Waals surface area (Å²) in [6.45, 7) is 6.70. The van der Waals surface area contributed by atoms with Crippen molar-refractivity contribution >= 4 is 29.1 Å². The highest BCUT2D eigenvalue weighted by molar-refractivity contribution is 8.00. The molecule has 23 heavy (non-hydrogen) atoms. The summed E-state index contributed by atoms with van der Waals surface area (Å²) in [5.74, 6) is 1.95. The normalized spacial score (nSPS) is 11.5. The van der Waals surface area contributed by atoms with Gasteiger partial charge in [0.15, 0.2) is 5.96 Å². The van der Waals surface area contributed by atoms with Crippen molar-refractivity contribution in [2.24, 2.45) is 4.99 Å². The summed E-state index contributed by atoms with van der Waals surface area (Å²) in [7, 11) is 0. The predicted octanol–water partition coefficient (Wildman–Crippen LogP) is 3.69. The molecular formula is C17H24N4S2. The van der Waals surface area contributed by atoms with Crippen LogP contribution < -0.4 is 10.6 Å². The Labute approximate surface area is 146 Å². The van der Waals surface area contributed by atoms with Gasteiger partial charge >= 0.3 is 0 Å². The molecule has 0 bridgehead atoms. The lowest BCUT2D eigenvalue weighted by molar-refractivity contribution is 0.789. The Morgan fingerprint density at radius 2 is 2.17 bits per heavy atom. The zero-order valence-corrected chi connectivity index (χ0v) is 15.3. The van der Waals surface area contributed by atoms with Crippen LogP contribution in [0.25, 0.3) is 0 Å². The molecule has 0 aliphatic heterocycles. The molecule has 0 radical (unpaired) electrons. The van der Waals surface area contributed by atoms with Crippen LogP contribution >= 0.6 is 23.1 Å². The van der Waals surface area contributed by atoms with Gasteiger partial charge in [0, 0.05) is 30.4 Å². The van der Waals surface area contributed by atoms with E-state index in [1.807, 2.05) is 23.3 Å². The van der Waals surface area contributed by atoms with E-state index in [1.165, 1.54) is 11.1 Å². The van der Waals surface area contributed by atoms with Crippen molar-refractivity contribution in [3.05, 3.63) is 47.0 Å². The molecule has 4 nitrogen and oxygen atoms in total. The first-order valence-electron chi connectivity index (χ1n) is 7.88. The molecule has 0 unspecified atom stereocenters. The molecule has 2 aromatic rings. The predicted molar refractivity (Wildman–Crippen MR) is 101 cm³/mol. The molecular weight excluding hydrogens is 324 g/mol. The maximum absolute atomic E-state index is 4.67. The Kier molecular flexibility index (Phi) is 7.97. The second kappa shape index (κ2) is 10.3. The molecule has 2 rings (SSSR count). The second-order valence-corrected chi connectivity index (χ2v) is 7.29. The summed E-state index contributed by atoms with van der Waals surface area (Å²) in [6, 6.07) is 8.38. The number of nitrogens with zero attached hydrogens (tertiary/aromatic N) is 2. The van der Waals surface area contributed by atoms with Crippen LogP contribution in [0.15, 0.2) is 45.2 Å². The third kappa shape index (κ3) is 6.62. The molecule has 0 spiro atoms. The van der Waals surface area contributed by atoms with Crippen molar-refractivity contribution in [2.75, 3.05) is 18.8 Å². The van der Waals surface area contributed by atoms with Crippen molar-refractivity contribution in [3.63, 3.8) is 0 Å². The molecule has 1 aromatic carbocycles. The zero-order valence-electron chi connectivity index (χ0n) is 13.7. The number of aromatic nitrogens is 1. The van der Waals surface area contributed by atoms with Gasteiger partial charge in [0.1, 0.15) is 4.34 Å². The van der Waals surface area contributed by atoms with E-state index in [0.717, 1.165) is 35.6 Å². The quantitative estimate of drug-likeness (QED) is 0.331. The van der Waals surface area contributed by atoms with Crippen molar-refractivity contribution in [2.45, 2.75) is 31.2 Å². The van der Waals surface area contributed by atoms with E-state index in [4.69, 9.17) is 0 Å². The van der Waals surface area contributed by atoms with Gasteiger partial charge in [0.05, 0.1) is 6.54 Å². The minimum absolute atomic E-state index is 0.704. The number of hydrogen-bond donors (Lipinski definition) is 2. The van der Waals surface area contributed by atoms with Crippen LogP contribution in [0.3, 0.4) is 0 Å². The topological polar surface area (TPSA) is 49.3 Å². The second-order valence-electron chi connectivity index (χ2n) is 5.05. The van der Waals surface area contributed by atoms with Crippen LogP contribution in [0, 0.1) is 6.92 Å². The van der Waals surface area contributed by atoms with Crippen LogP contribution in [0.2, 0.25) is 0 Å². The SMILES string of the molecule is CCNC(=NCc1ccccc1C)NCCCSc1nccs1. The summed E-state index contributed by atoms with van der Waals surface area (Å²) in [5.41, 5.74) is 2.55. The van der Waals surface area contributed by atoms with Crippen LogP contribution in [0.4, 0.5) is 0 Å². The highest BCUT2D eigenvalue weighted by atomic mass is 32.2. The van der Waals surface area contributed by atoms with Gasteiger partial charge in [-0.15, -0.1) is 11.3 Å². The number of rotatable bonds is 8. The zero-order chi connectivity index (χ0) is 16.3. The Morgan fingerprint density at radius 1 is 1.30 bits per heavy atom. The maximum atomic E-state index is 4.67. The molecule has 6 heteroatoms. The molecule has 0 fully saturated rings. The standard InChI is InChI=1S/C17H24N4S2/c1-3-18-16(21-13-15-8-5-4-7-14(15)2)19-9-6-11-22-17-20-10-12-23-17/h4-5,7-8,10,12H,3,6,9,11,13H2,1-2H3,(H2,18,19,21). The van der Waals surface area contributed by atoms with Crippen molar-refractivity contribution in [3.8, 4) is 0 Å². The van der Waals surface area contributed by atoms with Gasteiger partial charge in [0.25, 0.3) is 0 Å². The molecule has 0 atom stereocenters. The van der Waals surface area contributed by atoms with Crippen molar-refractivity contribution in [1.29, 1.82) is 0 Å². The first-order chi connectivity index (χ1) is 11.3. The van der Waals surface area contributed by atoms with Gasteiger partial charge in [-0.05, 0) is 31.4 Å². The fourth-order valence-corrected chi connectivity index (χ4v) is 3.66. The van der Waals surface area contributed by atoms with Gasteiger partial charge in [-0.1, -0.05) is 36.0 Å². The molecule has 0 saturated carbocycles. The lowest BCUT2D eigenvalue weighted by Crippen LogP contribution is -2.37. The van der Waals surface area contributed by atoms with Crippen molar-refractivity contribution < 1.29 is 0 Å². The van der Waals surface area contributed by atoms with E-state index in [9.17, 15) is 0 Å². The number of guanidine groups is 1. The van der Waals surface area contributed by atoms with Crippen LogP contribution in [0.5, 0.6) is 0 Å². The van der Waals surface area contributed by atoms with E-state index in [1.54, 1.807) is 11.3 Å². The highest BCUT2D eigenvalue weighted by Crippen LogP contribution is 2.20. The number of thiazole rings is 1. The number of thioether (sulfide) groups is 1. The lowest BCUT2D eigenvalue weighted by Gasteiger charge is -2.11. The Balaban J connectivity index is 1.74. The largest absolute Gasteiger partial charge is 0.357 e. The van der Waals surface area contributed by atoms with E-state index in [2.05, 4.69) is 58.7 Å². The molecule has 124 valence electrons. The number of aliphatic imine (C=N–C) groups is 1. The first-order valence-corrected chi connectivity index (χ1v) is 9.75. The van der Waals surface area contributed by atoms with Gasteiger partial charge in [0.2, 0.25) is 0 Å². The molecule has 0 saturated heterocycles. The molecule has 0 amide bonds. The van der Waals surface area contributed by atoms with E-state index < -0.39 is 0 Å². The summed E-state index contributed by atoms with van der Waals surface area (Å²) in [6.07, 6.45) is 2.94. The monoisotopic (exact) mass is 348 g/mol. The number of aryl methyl sites for hydroxylation is 1. The van der Waals surface area contributed by atoms with Gasteiger partial charge in [-0.3, -0.25) is 0 Å². The molecule has 2 N–H and O–H groups in total. The van der Waals surface area contributed by atoms with Gasteiger partial charge < -0.3 is 10.6 Å². The lowest BCUT2D eigenvalue weighted by atomic mass is 10.1. The van der Waals surface area contributed by atoms with E-state index in [-0.39, 0.29) is 0 Å². The summed E-state index contributed by atoms with van der Waals surface area (Å²) in [5, 5.41) is 8.71. The smallest absolute Gasteiger partial charge is 0.191 e. The van der Waals surface area contributed by atoms with E-state index in [0.29, 0.717) is 6.54 Å². The fraction of sp³-hybridized carbons (Fsp3) is 0.412. The number of hydrogen-bond acceptors (Lipinski definition) is 4.